The van der Waals surface area contributed by atoms with Gasteiger partial charge in [0.25, 0.3) is 0 Å². The van der Waals surface area contributed by atoms with E-state index in [-0.39, 0.29) is 0 Å². The van der Waals surface area contributed by atoms with Crippen LogP contribution < -0.4 is 10.1 Å². The molecule has 98 valence electrons. The summed E-state index contributed by atoms with van der Waals surface area (Å²) in [6.07, 6.45) is 1.03. The molecule has 3 heteroatoms. The van der Waals surface area contributed by atoms with E-state index in [1.165, 1.54) is 20.4 Å². The van der Waals surface area contributed by atoms with Crippen LogP contribution in [0.1, 0.15) is 24.1 Å². The van der Waals surface area contributed by atoms with E-state index < -0.39 is 0 Å². The SMILES string of the molecule is CC(Nc1ccccc1I)c1ccc2c(c1)CCO2. The lowest BCUT2D eigenvalue weighted by Gasteiger charge is -2.17. The van der Waals surface area contributed by atoms with Crippen molar-refractivity contribution in [1.82, 2.24) is 0 Å². The van der Waals surface area contributed by atoms with Crippen LogP contribution in [0.5, 0.6) is 5.75 Å². The molecule has 1 aliphatic heterocycles. The molecule has 0 radical (unpaired) electrons. The molecule has 0 saturated carbocycles. The minimum atomic E-state index is 0.293. The third-order valence-electron chi connectivity index (χ3n) is 3.46. The summed E-state index contributed by atoms with van der Waals surface area (Å²) in [4.78, 5) is 0. The third kappa shape index (κ3) is 2.71. The third-order valence-corrected chi connectivity index (χ3v) is 4.40. The molecular weight excluding hydrogens is 349 g/mol. The highest BCUT2D eigenvalue weighted by atomic mass is 127. The number of hydrogen-bond acceptors (Lipinski definition) is 2. The van der Waals surface area contributed by atoms with E-state index in [0.717, 1.165) is 18.8 Å². The molecule has 0 amide bonds. The van der Waals surface area contributed by atoms with Gasteiger partial charge < -0.3 is 10.1 Å². The first-order chi connectivity index (χ1) is 9.24. The number of halogens is 1. The highest BCUT2D eigenvalue weighted by molar-refractivity contribution is 14.1. The van der Waals surface area contributed by atoms with E-state index in [4.69, 9.17) is 4.74 Å². The van der Waals surface area contributed by atoms with Crippen molar-refractivity contribution in [3.8, 4) is 5.75 Å². The van der Waals surface area contributed by atoms with Crippen LogP contribution in [0.3, 0.4) is 0 Å². The number of para-hydroxylation sites is 1. The molecule has 2 aromatic carbocycles. The van der Waals surface area contributed by atoms with Gasteiger partial charge in [-0.3, -0.25) is 0 Å². The number of benzene rings is 2. The first-order valence-electron chi connectivity index (χ1n) is 6.51. The summed E-state index contributed by atoms with van der Waals surface area (Å²) in [6, 6.07) is 15.2. The number of hydrogen-bond donors (Lipinski definition) is 1. The Labute approximate surface area is 127 Å². The molecule has 3 rings (SSSR count). The normalized spacial score (nSPS) is 14.6. The average molecular weight is 365 g/mol. The quantitative estimate of drug-likeness (QED) is 0.815. The lowest BCUT2D eigenvalue weighted by Crippen LogP contribution is -2.07. The summed E-state index contributed by atoms with van der Waals surface area (Å²) >= 11 is 2.36. The molecule has 19 heavy (non-hydrogen) atoms. The molecule has 0 fully saturated rings. The Morgan fingerprint density at radius 3 is 2.89 bits per heavy atom. The predicted molar refractivity (Wildman–Crippen MR) is 86.8 cm³/mol. The van der Waals surface area contributed by atoms with E-state index in [2.05, 4.69) is 77.3 Å². The van der Waals surface area contributed by atoms with Crippen molar-refractivity contribution in [2.24, 2.45) is 0 Å². The molecular formula is C16H16INO. The number of ether oxygens (including phenoxy) is 1. The Kier molecular flexibility index (Phi) is 3.64. The molecule has 0 saturated heterocycles. The van der Waals surface area contributed by atoms with Gasteiger partial charge in [0.05, 0.1) is 6.61 Å². The second-order valence-electron chi connectivity index (χ2n) is 4.81. The van der Waals surface area contributed by atoms with Crippen molar-refractivity contribution in [3.63, 3.8) is 0 Å². The zero-order valence-corrected chi connectivity index (χ0v) is 13.0. The van der Waals surface area contributed by atoms with Gasteiger partial charge in [-0.2, -0.15) is 0 Å². The Bertz CT molecular complexity index is 597. The fraction of sp³-hybridized carbons (Fsp3) is 0.250. The van der Waals surface area contributed by atoms with Crippen molar-refractivity contribution < 1.29 is 4.74 Å². The van der Waals surface area contributed by atoms with Crippen molar-refractivity contribution in [2.45, 2.75) is 19.4 Å². The largest absolute Gasteiger partial charge is 0.493 e. The molecule has 2 nitrogen and oxygen atoms in total. The van der Waals surface area contributed by atoms with E-state index in [9.17, 15) is 0 Å². The van der Waals surface area contributed by atoms with E-state index in [0.29, 0.717) is 6.04 Å². The number of nitrogens with one attached hydrogen (secondary N) is 1. The standard InChI is InChI=1S/C16H16INO/c1-11(18-15-5-3-2-4-14(15)17)12-6-7-16-13(10-12)8-9-19-16/h2-7,10-11,18H,8-9H2,1H3. The smallest absolute Gasteiger partial charge is 0.122 e. The van der Waals surface area contributed by atoms with Crippen LogP contribution in [0.2, 0.25) is 0 Å². The first kappa shape index (κ1) is 12.8. The van der Waals surface area contributed by atoms with Crippen LogP contribution in [-0.4, -0.2) is 6.61 Å². The Morgan fingerprint density at radius 2 is 2.05 bits per heavy atom. The zero-order chi connectivity index (χ0) is 13.2. The van der Waals surface area contributed by atoms with Crippen molar-refractivity contribution >= 4 is 28.3 Å². The second kappa shape index (κ2) is 5.41. The van der Waals surface area contributed by atoms with Crippen LogP contribution in [0.4, 0.5) is 5.69 Å². The monoisotopic (exact) mass is 365 g/mol. The van der Waals surface area contributed by atoms with Gasteiger partial charge in [0, 0.05) is 21.7 Å². The van der Waals surface area contributed by atoms with E-state index >= 15 is 0 Å². The number of fused-ring (bicyclic) bond motifs is 1. The molecule has 0 bridgehead atoms. The fourth-order valence-electron chi connectivity index (χ4n) is 2.37. The Morgan fingerprint density at radius 1 is 1.21 bits per heavy atom. The number of anilines is 1. The summed E-state index contributed by atoms with van der Waals surface area (Å²) in [5.74, 6) is 1.05. The lowest BCUT2D eigenvalue weighted by molar-refractivity contribution is 0.357. The minimum Gasteiger partial charge on any atom is -0.493 e. The van der Waals surface area contributed by atoms with Crippen LogP contribution >= 0.6 is 22.6 Å². The summed E-state index contributed by atoms with van der Waals surface area (Å²) in [5.41, 5.74) is 3.82. The average Bonchev–Trinajstić information content (AvgIpc) is 2.88. The van der Waals surface area contributed by atoms with Gasteiger partial charge in [0.2, 0.25) is 0 Å². The molecule has 2 aromatic rings. The summed E-state index contributed by atoms with van der Waals surface area (Å²) in [6.45, 7) is 3.01. The van der Waals surface area contributed by atoms with E-state index in [1.54, 1.807) is 0 Å². The topological polar surface area (TPSA) is 21.3 Å². The zero-order valence-electron chi connectivity index (χ0n) is 10.8. The molecule has 0 aliphatic carbocycles. The van der Waals surface area contributed by atoms with Crippen molar-refractivity contribution in [1.29, 1.82) is 0 Å². The summed E-state index contributed by atoms with van der Waals surface area (Å²) in [5, 5.41) is 3.57. The maximum absolute atomic E-state index is 5.55. The van der Waals surface area contributed by atoms with Gasteiger partial charge in [-0.1, -0.05) is 18.2 Å². The van der Waals surface area contributed by atoms with Crippen molar-refractivity contribution in [3.05, 3.63) is 57.2 Å². The predicted octanol–water partition coefficient (Wildman–Crippen LogP) is 4.40. The lowest BCUT2D eigenvalue weighted by atomic mass is 10.0. The first-order valence-corrected chi connectivity index (χ1v) is 7.58. The maximum atomic E-state index is 5.55. The van der Waals surface area contributed by atoms with Gasteiger partial charge in [-0.25, -0.2) is 0 Å². The molecule has 1 unspecified atom stereocenters. The van der Waals surface area contributed by atoms with Crippen LogP contribution in [0.15, 0.2) is 42.5 Å². The van der Waals surface area contributed by atoms with E-state index in [1.807, 2.05) is 0 Å². The van der Waals surface area contributed by atoms with Gasteiger partial charge in [-0.15, -0.1) is 0 Å². The van der Waals surface area contributed by atoms with Crippen LogP contribution in [0, 0.1) is 3.57 Å². The van der Waals surface area contributed by atoms with Crippen molar-refractivity contribution in [2.75, 3.05) is 11.9 Å². The Balaban J connectivity index is 1.81. The second-order valence-corrected chi connectivity index (χ2v) is 5.97. The van der Waals surface area contributed by atoms with Gasteiger partial charge >= 0.3 is 0 Å². The van der Waals surface area contributed by atoms with Gasteiger partial charge in [-0.05, 0) is 64.9 Å². The highest BCUT2D eigenvalue weighted by Crippen LogP contribution is 2.30. The fourth-order valence-corrected chi connectivity index (χ4v) is 2.91. The Hall–Kier alpha value is -1.23. The van der Waals surface area contributed by atoms with Gasteiger partial charge in [0.15, 0.2) is 0 Å². The molecule has 1 atom stereocenters. The van der Waals surface area contributed by atoms with Crippen LogP contribution in [-0.2, 0) is 6.42 Å². The summed E-state index contributed by atoms with van der Waals surface area (Å²) in [7, 11) is 0. The minimum absolute atomic E-state index is 0.293. The van der Waals surface area contributed by atoms with Crippen LogP contribution in [0.25, 0.3) is 0 Å². The molecule has 1 heterocycles. The highest BCUT2D eigenvalue weighted by Gasteiger charge is 2.14. The van der Waals surface area contributed by atoms with Gasteiger partial charge in [0.1, 0.15) is 5.75 Å². The molecule has 1 N–H and O–H groups in total. The molecule has 0 spiro atoms. The molecule has 1 aliphatic rings. The molecule has 0 aromatic heterocycles. The summed E-state index contributed by atoms with van der Waals surface area (Å²) < 4.78 is 6.80. The maximum Gasteiger partial charge on any atom is 0.122 e. The number of rotatable bonds is 3.